The number of carboxylic acids is 1. The van der Waals surface area contributed by atoms with Gasteiger partial charge in [0.1, 0.15) is 95.0 Å². The number of carbonyl (C=O) groups excluding carboxylic acids is 7. The van der Waals surface area contributed by atoms with Crippen molar-refractivity contribution in [2.45, 2.75) is 161 Å². The Bertz CT molecular complexity index is 4550. The molecule has 2 fully saturated rings. The molecular weight excluding hydrogens is 1490 g/mol. The number of aromatic nitrogens is 2. The molecule has 2 saturated heterocycles. The van der Waals surface area contributed by atoms with Crippen LogP contribution < -0.4 is 74.4 Å². The number of phenolic OH excluding ortho intramolecular Hbond substituents is 3. The number of fused-ring (bicyclic) bond motifs is 15. The second-order valence-corrected chi connectivity index (χ2v) is 29.1. The molecule has 109 heavy (non-hydrogen) atoms. The lowest BCUT2D eigenvalue weighted by Crippen LogP contribution is -2.64. The van der Waals surface area contributed by atoms with E-state index in [-0.39, 0.29) is 68.8 Å². The van der Waals surface area contributed by atoms with Crippen molar-refractivity contribution < 1.29 is 113 Å². The van der Waals surface area contributed by atoms with Gasteiger partial charge in [0.25, 0.3) is 0 Å². The molecule has 0 aliphatic carbocycles. The first-order valence-electron chi connectivity index (χ1n) is 33.8. The summed E-state index contributed by atoms with van der Waals surface area (Å²) < 4.78 is 39.4. The first-order chi connectivity index (χ1) is 51.5. The summed E-state index contributed by atoms with van der Waals surface area (Å²) in [5.74, 6) is -16.4. The van der Waals surface area contributed by atoms with Crippen molar-refractivity contribution in [2.24, 2.45) is 17.4 Å². The van der Waals surface area contributed by atoms with Crippen LogP contribution in [0.4, 0.5) is 11.6 Å². The van der Waals surface area contributed by atoms with Crippen LogP contribution >= 0.6 is 35.0 Å². The fraction of sp³-hybridized carbons (Fsp3) is 0.400. The highest BCUT2D eigenvalue weighted by Gasteiger charge is 2.52. The molecule has 8 heterocycles. The molecule has 39 heteroatoms. The number of aliphatic hydroxyl groups excluding tert-OH is 5. The number of primary amides is 1. The quantitative estimate of drug-likeness (QED) is 0.0501. The highest BCUT2D eigenvalue weighted by molar-refractivity contribution is 7.99. The molecule has 6 aromatic rings. The zero-order valence-electron chi connectivity index (χ0n) is 58.4. The summed E-state index contributed by atoms with van der Waals surface area (Å²) in [5.41, 5.74) is 20.1. The Hall–Kier alpha value is -10.1. The molecule has 0 radical (unpaired) electrons. The maximum atomic E-state index is 16.2. The molecule has 24 N–H and O–H groups in total. The molecule has 13 rings (SSSR count). The van der Waals surface area contributed by atoms with Crippen molar-refractivity contribution in [1.29, 1.82) is 0 Å². The number of halogens is 2. The highest BCUT2D eigenvalue weighted by Crippen LogP contribution is 2.50. The molecule has 9 unspecified atom stereocenters. The summed E-state index contributed by atoms with van der Waals surface area (Å²) in [6.07, 6.45) is -18.4. The Morgan fingerprint density at radius 3 is 1.92 bits per heavy atom. The largest absolute Gasteiger partial charge is 0.508 e. The lowest BCUT2D eigenvalue weighted by atomic mass is 9.86. The number of phenols is 3. The molecule has 5 aromatic carbocycles. The molecule has 11 bridgehead atoms. The fourth-order valence-corrected chi connectivity index (χ4v) is 14.5. The van der Waals surface area contributed by atoms with Crippen LogP contribution in [0.2, 0.25) is 10.0 Å². The molecule has 1 aromatic heterocycles. The van der Waals surface area contributed by atoms with Crippen molar-refractivity contribution in [3.05, 3.63) is 123 Å². The van der Waals surface area contributed by atoms with Gasteiger partial charge in [-0.2, -0.15) is 0 Å². The third-order valence-electron chi connectivity index (χ3n) is 18.7. The topological polar surface area (TPSA) is 588 Å². The van der Waals surface area contributed by atoms with Crippen LogP contribution in [0.15, 0.2) is 90.1 Å². The van der Waals surface area contributed by atoms with Crippen LogP contribution in [0.1, 0.15) is 105 Å². The van der Waals surface area contributed by atoms with Gasteiger partial charge in [0.15, 0.2) is 35.1 Å². The second kappa shape index (κ2) is 32.6. The van der Waals surface area contributed by atoms with E-state index in [1.165, 1.54) is 39.1 Å². The van der Waals surface area contributed by atoms with Crippen LogP contribution in [-0.2, 0) is 52.6 Å². The zero-order valence-corrected chi connectivity index (χ0v) is 60.7. The highest BCUT2D eigenvalue weighted by atomic mass is 35.5. The number of carbonyl (C=O) groups is 8. The van der Waals surface area contributed by atoms with E-state index in [0.29, 0.717) is 0 Å². The number of aromatic hydroxyl groups is 3. The van der Waals surface area contributed by atoms with Gasteiger partial charge < -0.3 is 135 Å². The van der Waals surface area contributed by atoms with E-state index < -0.39 is 231 Å². The number of hydrogen-bond acceptors (Lipinski definition) is 29. The molecule has 0 spiro atoms. The Morgan fingerprint density at radius 2 is 1.32 bits per heavy atom. The number of anilines is 2. The number of aliphatic carboxylic acids is 1. The van der Waals surface area contributed by atoms with Gasteiger partial charge in [-0.25, -0.2) is 14.8 Å². The predicted octanol–water partition coefficient (Wildman–Crippen LogP) is 0.861. The summed E-state index contributed by atoms with van der Waals surface area (Å²) in [6.45, 7) is 6.65. The molecule has 582 valence electrons. The van der Waals surface area contributed by atoms with Crippen LogP contribution in [-0.4, -0.2) is 195 Å². The molecule has 36 nitrogen and oxygen atoms in total. The number of nitrogens with zero attached hydrogens (tertiary/aromatic N) is 2. The Labute approximate surface area is 633 Å². The minimum Gasteiger partial charge on any atom is -0.508 e. The number of carboxylic acid groups (broad SMARTS) is 1. The lowest BCUT2D eigenvalue weighted by molar-refractivity contribution is -0.329. The number of thioether (sulfide) groups is 1. The lowest BCUT2D eigenvalue weighted by Gasteiger charge is -2.47. The first-order valence-corrected chi connectivity index (χ1v) is 35.6. The van der Waals surface area contributed by atoms with Crippen molar-refractivity contribution in [3.8, 4) is 57.1 Å². The van der Waals surface area contributed by atoms with Gasteiger partial charge in [0, 0.05) is 46.5 Å². The minimum absolute atomic E-state index is 0.000331. The van der Waals surface area contributed by atoms with Gasteiger partial charge in [-0.1, -0.05) is 67.0 Å². The van der Waals surface area contributed by atoms with Crippen molar-refractivity contribution >= 4 is 93.9 Å². The summed E-state index contributed by atoms with van der Waals surface area (Å²) in [5, 5.41) is 122. The number of hydrogen-bond donors (Lipinski definition) is 20. The maximum Gasteiger partial charge on any atom is 0.330 e. The number of nitrogens with one attached hydrogen (secondary N) is 7. The van der Waals surface area contributed by atoms with E-state index in [1.54, 1.807) is 0 Å². The van der Waals surface area contributed by atoms with Crippen LogP contribution in [0, 0.1) is 5.92 Å². The maximum absolute atomic E-state index is 16.2. The number of benzene rings is 5. The van der Waals surface area contributed by atoms with E-state index >= 15 is 14.4 Å². The first kappa shape index (κ1) is 79.9. The Kier molecular flexibility index (Phi) is 23.9. The number of aliphatic hydroxyl groups is 5. The van der Waals surface area contributed by atoms with Gasteiger partial charge in [0.2, 0.25) is 53.4 Å². The van der Waals surface area contributed by atoms with Crippen molar-refractivity contribution in [3.63, 3.8) is 0 Å². The number of amides is 7. The Balaban J connectivity index is 1.17. The number of rotatable bonds is 15. The van der Waals surface area contributed by atoms with Gasteiger partial charge in [-0.15, -0.1) is 0 Å². The number of ether oxygens (including phenoxy) is 6. The third kappa shape index (κ3) is 17.5. The van der Waals surface area contributed by atoms with E-state index in [0.717, 1.165) is 78.5 Å². The predicted molar refractivity (Wildman–Crippen MR) is 384 cm³/mol. The van der Waals surface area contributed by atoms with Crippen molar-refractivity contribution in [1.82, 2.24) is 47.2 Å². The summed E-state index contributed by atoms with van der Waals surface area (Å²) >= 11 is 15.1. The molecule has 18 atom stereocenters. The van der Waals surface area contributed by atoms with E-state index in [1.807, 2.05) is 13.8 Å². The summed E-state index contributed by atoms with van der Waals surface area (Å²) in [6, 6.07) is 0.619. The van der Waals surface area contributed by atoms with Crippen LogP contribution in [0.5, 0.6) is 46.0 Å². The average molecular weight is 1570 g/mol. The monoisotopic (exact) mass is 1570 g/mol. The second-order valence-electron chi connectivity index (χ2n) is 27.3. The van der Waals surface area contributed by atoms with E-state index in [2.05, 4.69) is 47.2 Å². The van der Waals surface area contributed by atoms with Gasteiger partial charge in [-0.05, 0) is 110 Å². The molecule has 0 saturated carbocycles. The summed E-state index contributed by atoms with van der Waals surface area (Å²) in [4.78, 5) is 126. The molecule has 7 amide bonds. The van der Waals surface area contributed by atoms with Gasteiger partial charge in [0.05, 0.1) is 40.8 Å². The van der Waals surface area contributed by atoms with E-state index in [9.17, 15) is 69.9 Å². The fourth-order valence-electron chi connectivity index (χ4n) is 13.2. The SMILES string of the molecule is CN[C@H](CC(C)C)C(=O)N[C@H]1C(=O)N[C@@H](CC(N)=O)C(=O)N[C@H]2C(=O)N[C@H]3C(=O)N[C@H](C(=O)N[C@@H](C(=O)O)c4cc(O)cc(O)c4-c4cc3ccc4O)[C@H](O)c3ccc(c(Cl)c3)Oc3cc2cc(c3OC2OC(CSc3nc(N)cc(N)n3)C(O)C(O)C2OC2CC(C)(N)C(O)C(C)O2)Oc2ccc(cc2Cl)[C@H]1O. The van der Waals surface area contributed by atoms with Gasteiger partial charge in [-0.3, -0.25) is 33.6 Å². The third-order valence-corrected chi connectivity index (χ3v) is 20.2. The zero-order chi connectivity index (χ0) is 79.1. The summed E-state index contributed by atoms with van der Waals surface area (Å²) in [7, 11) is 1.47. The molecular formula is C70H79Cl2N13O23S. The smallest absolute Gasteiger partial charge is 0.330 e. The van der Waals surface area contributed by atoms with Crippen LogP contribution in [0.25, 0.3) is 11.1 Å². The van der Waals surface area contributed by atoms with Gasteiger partial charge >= 0.3 is 5.97 Å². The molecule has 7 aliphatic heterocycles. The normalized spacial score (nSPS) is 28.1. The van der Waals surface area contributed by atoms with Crippen LogP contribution in [0.3, 0.4) is 0 Å². The van der Waals surface area contributed by atoms with Crippen molar-refractivity contribution in [2.75, 3.05) is 24.3 Å². The Morgan fingerprint density at radius 1 is 0.716 bits per heavy atom. The number of nitrogen functional groups attached to an aromatic ring is 2. The number of nitrogens with two attached hydrogens (primary N) is 4. The standard InChI is InChI=1S/C70H79Cl2N13O23S/c1-24(2)12-35(77-5)61(95)84-52-54(90)27-7-10-39(33(71)14-27)104-41-16-29-17-42(58(41)108-68-59(107-47-22-70(4,76)60(94)25(3)103-47)57(93)56(92)43(106-68)23-109-69-79-44(73)21-45(74)80-69)105-40-11-8-28(15-34(40)72)55(91)53-66(100)83-51(67(101)102)32-18-30(86)19-38(88)48(32)31-13-26(6-9-37(31)87)49(63(97)85-53)82-64(98)50(29)81-62(96)36(20-46(75)89)78-65(52)99/h6-11,13-19,21,24-25,35-36,43,47,49-57,59-60,68,77,86-88,90-94H,12,20,22-23,76H2,1-5H3,(H2,75,89)(H,78,99)(H,81,96)(H,82,98)(H,83,100)(H,84,95)(H,85,97)(H,101,102)(H4,73,74,79,80)/t25?,35-,36+,43?,47?,49-,50-,51-,52-,53+,54-,55-,56?,57?,59?,60?,68?,70?/m1/s1. The van der Waals surface area contributed by atoms with E-state index in [4.69, 9.17) is 74.6 Å². The minimum atomic E-state index is -2.36. The average Bonchev–Trinajstić information content (AvgIpc) is 0.767. The number of likely N-dealkylation sites (N-methyl/N-ethyl adjacent to an activating group) is 1. The molecule has 7 aliphatic rings.